The molecule has 2 unspecified atom stereocenters. The fraction of sp³-hybridized carbons (Fsp3) is 0.781. The van der Waals surface area contributed by atoms with Crippen LogP contribution in [0.15, 0.2) is 24.3 Å². The average molecular weight is 1240 g/mol. The molecule has 0 saturated carbocycles. The predicted octanol–water partition coefficient (Wildman–Crippen LogP) is 3.95. The summed E-state index contributed by atoms with van der Waals surface area (Å²) in [5.41, 5.74) is -3.70. The van der Waals surface area contributed by atoms with Crippen molar-refractivity contribution in [2.45, 2.75) is 183 Å². The van der Waals surface area contributed by atoms with Gasteiger partial charge < -0.3 is 48.9 Å². The molecule has 3 aliphatic heterocycles. The third kappa shape index (κ3) is 29.1. The molecule has 2 atom stereocenters. The molecule has 1 aromatic rings. The van der Waals surface area contributed by atoms with Crippen LogP contribution in [0.1, 0.15) is 137 Å². The molecule has 2 N–H and O–H groups in total. The molecule has 24 nitrogen and oxygen atoms in total. The van der Waals surface area contributed by atoms with Gasteiger partial charge in [0.15, 0.2) is 0 Å². The summed E-state index contributed by atoms with van der Waals surface area (Å²) in [6.07, 6.45) is -0.609. The van der Waals surface area contributed by atoms with E-state index < -0.39 is 81.4 Å². The van der Waals surface area contributed by atoms with E-state index in [0.717, 1.165) is 0 Å². The number of hydrogen-bond donors (Lipinski definition) is 2. The molecule has 0 radical (unpaired) electrons. The highest BCUT2D eigenvalue weighted by molar-refractivity contribution is 6.08. The van der Waals surface area contributed by atoms with Gasteiger partial charge in [-0.3, -0.25) is 67.8 Å². The first-order valence-electron chi connectivity index (χ1n) is 31.4. The molecule has 3 heterocycles. The summed E-state index contributed by atoms with van der Waals surface area (Å²) in [5, 5.41) is 6.96. The average Bonchev–Trinajstić information content (AvgIpc) is 3.53. The Morgan fingerprint density at radius 2 is 0.580 bits per heavy atom. The lowest BCUT2D eigenvalue weighted by molar-refractivity contribution is -0.159. The molecular weight excluding hydrogens is 1130 g/mol. The lowest BCUT2D eigenvalue weighted by atomic mass is 10.0. The summed E-state index contributed by atoms with van der Waals surface area (Å²) in [6.45, 7) is 38.4. The Morgan fingerprint density at radius 3 is 0.852 bits per heavy atom. The largest absolute Gasteiger partial charge is 0.460 e. The molecule has 500 valence electrons. The summed E-state index contributed by atoms with van der Waals surface area (Å²) < 4.78 is 34.7. The number of ether oxygens (including phenoxy) is 6. The number of fused-ring (bicyclic) bond motifs is 1. The third-order valence-electron chi connectivity index (χ3n) is 13.9. The first-order valence-corrected chi connectivity index (χ1v) is 31.4. The minimum Gasteiger partial charge on any atom is -0.460 e. The van der Waals surface area contributed by atoms with E-state index in [2.05, 4.69) is 10.6 Å². The van der Waals surface area contributed by atoms with Crippen LogP contribution in [-0.2, 0) is 66.8 Å². The number of amides is 2. The van der Waals surface area contributed by atoms with Gasteiger partial charge >= 0.3 is 35.8 Å². The molecular formula is C64H110N10O14. The summed E-state index contributed by atoms with van der Waals surface area (Å²) in [7, 11) is 0. The first kappa shape index (κ1) is 75.1. The molecule has 2 saturated heterocycles. The zero-order chi connectivity index (χ0) is 66.0. The Morgan fingerprint density at radius 1 is 0.341 bits per heavy atom. The highest BCUT2D eigenvalue weighted by atomic mass is 16.6. The van der Waals surface area contributed by atoms with E-state index in [0.29, 0.717) is 89.9 Å². The number of esters is 6. The zero-order valence-corrected chi connectivity index (χ0v) is 56.7. The summed E-state index contributed by atoms with van der Waals surface area (Å²) in [6, 6.07) is 4.97. The lowest BCUT2D eigenvalue weighted by Gasteiger charge is -2.42. The molecule has 4 rings (SSSR count). The Labute approximate surface area is 525 Å². The molecule has 0 spiro atoms. The Kier molecular flexibility index (Phi) is 28.3. The van der Waals surface area contributed by atoms with Crippen LogP contribution in [0.25, 0.3) is 0 Å². The minimum absolute atomic E-state index is 0.0287. The van der Waals surface area contributed by atoms with Crippen molar-refractivity contribution in [3.63, 3.8) is 0 Å². The maximum absolute atomic E-state index is 15.7. The van der Waals surface area contributed by atoms with E-state index in [1.807, 2.05) is 70.9 Å². The first-order chi connectivity index (χ1) is 40.6. The number of carbonyl (C=O) groups excluding carboxylic acids is 8. The third-order valence-corrected chi connectivity index (χ3v) is 13.9. The molecule has 88 heavy (non-hydrogen) atoms. The molecule has 2 fully saturated rings. The summed E-state index contributed by atoms with van der Waals surface area (Å²) in [5.74, 6) is -3.54. The fourth-order valence-electron chi connectivity index (χ4n) is 10.4. The van der Waals surface area contributed by atoms with Crippen LogP contribution >= 0.6 is 0 Å². The topological polar surface area (TPSA) is 242 Å². The van der Waals surface area contributed by atoms with Crippen LogP contribution in [-0.4, -0.2) is 267 Å². The van der Waals surface area contributed by atoms with E-state index >= 15 is 9.59 Å². The highest BCUT2D eigenvalue weighted by Crippen LogP contribution is 2.35. The SMILES string of the molecule is CC(C)(C)OC(=O)CC(C(=O)N1CCN(C(=O)C(CC(=O)OC(C)(C)C)N2CCNCCN(CC(=O)OC(C)(C)C)CCN(CC(=O)OC(C)(C)C)CC2)c2ccccc21)N1CCNCCN(CC(=O)OC(C)(C)C)CCN(CC(=O)OC(C)(C)C)CC1. The number of nitrogens with one attached hydrogen (secondary N) is 2. The van der Waals surface area contributed by atoms with E-state index in [4.69, 9.17) is 28.4 Å². The molecule has 1 aromatic carbocycles. The van der Waals surface area contributed by atoms with E-state index in [1.54, 1.807) is 117 Å². The van der Waals surface area contributed by atoms with Gasteiger partial charge in [-0.1, -0.05) is 12.1 Å². The molecule has 0 aromatic heterocycles. The number of carbonyl (C=O) groups is 8. The van der Waals surface area contributed by atoms with Crippen LogP contribution in [0.2, 0.25) is 0 Å². The van der Waals surface area contributed by atoms with Gasteiger partial charge in [-0.15, -0.1) is 0 Å². The predicted molar refractivity (Wildman–Crippen MR) is 338 cm³/mol. The van der Waals surface area contributed by atoms with Crippen molar-refractivity contribution in [2.24, 2.45) is 0 Å². The second-order valence-corrected chi connectivity index (χ2v) is 29.1. The van der Waals surface area contributed by atoms with Crippen LogP contribution in [0.3, 0.4) is 0 Å². The Balaban J connectivity index is 1.74. The summed E-state index contributed by atoms with van der Waals surface area (Å²) in [4.78, 5) is 128. The number of hydrogen-bond acceptors (Lipinski definition) is 22. The number of para-hydroxylation sites is 2. The summed E-state index contributed by atoms with van der Waals surface area (Å²) >= 11 is 0. The van der Waals surface area contributed by atoms with Crippen molar-refractivity contribution in [1.29, 1.82) is 0 Å². The zero-order valence-electron chi connectivity index (χ0n) is 56.7. The second-order valence-electron chi connectivity index (χ2n) is 29.1. The van der Waals surface area contributed by atoms with E-state index in [-0.39, 0.29) is 90.2 Å². The number of rotatable bonds is 16. The number of nitrogens with zero attached hydrogens (tertiary/aromatic N) is 8. The number of benzene rings is 1. The van der Waals surface area contributed by atoms with Crippen LogP contribution in [0.5, 0.6) is 0 Å². The fourth-order valence-corrected chi connectivity index (χ4v) is 10.4. The van der Waals surface area contributed by atoms with Crippen molar-refractivity contribution in [2.75, 3.05) is 154 Å². The highest BCUT2D eigenvalue weighted by Gasteiger charge is 2.42. The van der Waals surface area contributed by atoms with Crippen molar-refractivity contribution < 1.29 is 66.8 Å². The lowest BCUT2D eigenvalue weighted by Crippen LogP contribution is -2.59. The van der Waals surface area contributed by atoms with Gasteiger partial charge in [0.25, 0.3) is 0 Å². The Hall–Kier alpha value is -5.34. The molecule has 3 aliphatic rings. The van der Waals surface area contributed by atoms with Crippen molar-refractivity contribution in [3.05, 3.63) is 24.3 Å². The van der Waals surface area contributed by atoms with Gasteiger partial charge in [-0.05, 0) is 137 Å². The Bertz CT molecular complexity index is 2310. The molecule has 2 amide bonds. The molecule has 0 bridgehead atoms. The van der Waals surface area contributed by atoms with Crippen LogP contribution in [0, 0.1) is 0 Å². The van der Waals surface area contributed by atoms with Crippen LogP contribution in [0.4, 0.5) is 11.4 Å². The smallest absolute Gasteiger partial charge is 0.320 e. The van der Waals surface area contributed by atoms with Crippen LogP contribution < -0.4 is 20.4 Å². The quantitative estimate of drug-likeness (QED) is 0.176. The maximum Gasteiger partial charge on any atom is 0.320 e. The minimum atomic E-state index is -1.07. The molecule has 24 heteroatoms. The maximum atomic E-state index is 15.7. The monoisotopic (exact) mass is 1240 g/mol. The van der Waals surface area contributed by atoms with Crippen molar-refractivity contribution >= 4 is 59.0 Å². The van der Waals surface area contributed by atoms with Gasteiger partial charge in [0.1, 0.15) is 45.7 Å². The standard InChI is InChI=1S/C64H110N10O14/c1-59(2,3)83-51(75)41-49(71-29-25-65-23-27-67(43-53(77)85-61(7,8)9)31-33-69(35-37-71)45-55(79)87-63(13,14)15)57(81)73-39-40-74(48-22-20-19-21-47(48)73)58(82)50(42-52(76)84-60(4,5)6)72-30-26-66-24-28-68(44-54(78)86-62(10,11)12)32-34-70(36-38-72)46-56(80)88-64(16,17)18/h19-22,49-50,65-66H,23-46H2,1-18H3. The van der Waals surface area contributed by atoms with Gasteiger partial charge in [-0.2, -0.15) is 0 Å². The normalized spacial score (nSPS) is 19.0. The van der Waals surface area contributed by atoms with Gasteiger partial charge in [-0.25, -0.2) is 0 Å². The van der Waals surface area contributed by atoms with Gasteiger partial charge in [0.2, 0.25) is 11.8 Å². The second kappa shape index (κ2) is 33.1. The van der Waals surface area contributed by atoms with Crippen molar-refractivity contribution in [1.82, 2.24) is 40.0 Å². The van der Waals surface area contributed by atoms with E-state index in [1.165, 1.54) is 0 Å². The number of anilines is 2. The van der Waals surface area contributed by atoms with E-state index in [9.17, 15) is 28.8 Å². The molecule has 0 aliphatic carbocycles. The van der Waals surface area contributed by atoms with Crippen molar-refractivity contribution in [3.8, 4) is 0 Å². The van der Waals surface area contributed by atoms with Gasteiger partial charge in [0.05, 0.1) is 50.4 Å². The van der Waals surface area contributed by atoms with Gasteiger partial charge in [0, 0.05) is 118 Å².